The van der Waals surface area contributed by atoms with Gasteiger partial charge >= 0.3 is 18.2 Å². The molecule has 0 fully saturated rings. The molecule has 0 bridgehead atoms. The number of halogens is 3. The molecule has 0 heterocycles. The molecule has 8 heteroatoms. The molecule has 0 aliphatic carbocycles. The van der Waals surface area contributed by atoms with E-state index in [1.54, 1.807) is 26.1 Å². The van der Waals surface area contributed by atoms with Crippen molar-refractivity contribution in [1.29, 1.82) is 0 Å². The first-order chi connectivity index (χ1) is 10.5. The van der Waals surface area contributed by atoms with E-state index >= 15 is 0 Å². The molecule has 0 aromatic heterocycles. The van der Waals surface area contributed by atoms with Crippen LogP contribution in [0.3, 0.4) is 0 Å². The maximum atomic E-state index is 12.0. The van der Waals surface area contributed by atoms with Crippen molar-refractivity contribution in [3.05, 3.63) is 0 Å². The molecule has 0 aromatic rings. The quantitative estimate of drug-likeness (QED) is 0.574. The molecule has 0 radical (unpaired) electrons. The van der Waals surface area contributed by atoms with Gasteiger partial charge in [0.05, 0.1) is 0 Å². The predicted octanol–water partition coefficient (Wildman–Crippen LogP) is 2.71. The zero-order valence-corrected chi connectivity index (χ0v) is 13.6. The Balaban J connectivity index is 4.39. The minimum Gasteiger partial charge on any atom is -0.444 e. The average Bonchev–Trinajstić information content (AvgIpc) is 2.38. The molecular formula is C15H23F3N2O3. The lowest BCUT2D eigenvalue weighted by molar-refractivity contribution is -0.173. The fourth-order valence-electron chi connectivity index (χ4n) is 1.56. The van der Waals surface area contributed by atoms with E-state index < -0.39 is 23.8 Å². The summed E-state index contributed by atoms with van der Waals surface area (Å²) in [6.07, 6.45) is 0.900. The summed E-state index contributed by atoms with van der Waals surface area (Å²) < 4.78 is 41.3. The number of carbonyl (C=O) groups is 2. The van der Waals surface area contributed by atoms with E-state index in [0.717, 1.165) is 0 Å². The molecule has 0 aromatic carbocycles. The van der Waals surface area contributed by atoms with Crippen molar-refractivity contribution in [3.8, 4) is 12.3 Å². The van der Waals surface area contributed by atoms with Crippen LogP contribution in [-0.4, -0.2) is 48.3 Å². The molecule has 132 valence electrons. The average molecular weight is 336 g/mol. The van der Waals surface area contributed by atoms with E-state index in [4.69, 9.17) is 11.2 Å². The lowest BCUT2D eigenvalue weighted by Gasteiger charge is -2.27. The third-order valence-electron chi connectivity index (χ3n) is 2.55. The second kappa shape index (κ2) is 9.28. The van der Waals surface area contributed by atoms with Crippen LogP contribution < -0.4 is 5.32 Å². The van der Waals surface area contributed by atoms with E-state index in [-0.39, 0.29) is 19.5 Å². The first-order valence-electron chi connectivity index (χ1n) is 7.24. The number of nitrogens with one attached hydrogen (secondary N) is 1. The van der Waals surface area contributed by atoms with E-state index in [0.29, 0.717) is 19.4 Å². The number of alkyl halides is 3. The van der Waals surface area contributed by atoms with Gasteiger partial charge in [-0.2, -0.15) is 13.2 Å². The van der Waals surface area contributed by atoms with Crippen molar-refractivity contribution >= 4 is 12.0 Å². The van der Waals surface area contributed by atoms with E-state index in [9.17, 15) is 22.8 Å². The lowest BCUT2D eigenvalue weighted by Crippen LogP contribution is -2.41. The number of terminal acetylenes is 1. The molecule has 0 saturated heterocycles. The number of hydrogen-bond acceptors (Lipinski definition) is 3. The van der Waals surface area contributed by atoms with Gasteiger partial charge in [0.1, 0.15) is 5.60 Å². The van der Waals surface area contributed by atoms with Gasteiger partial charge in [0.2, 0.25) is 0 Å². The number of unbranched alkanes of at least 4 members (excludes halogenated alkanes) is 1. The van der Waals surface area contributed by atoms with Gasteiger partial charge in [-0.3, -0.25) is 4.79 Å². The largest absolute Gasteiger partial charge is 0.471 e. The maximum absolute atomic E-state index is 12.0. The van der Waals surface area contributed by atoms with Crippen LogP contribution in [0.25, 0.3) is 0 Å². The molecule has 5 nitrogen and oxygen atoms in total. The molecule has 0 aliphatic rings. The van der Waals surface area contributed by atoms with E-state index in [2.05, 4.69) is 5.92 Å². The Bertz CT molecular complexity index is 437. The Kier molecular flexibility index (Phi) is 8.51. The SMILES string of the molecule is C#CCCCN(CCCNC(=O)C(F)(F)F)C(=O)OC(C)(C)C. The van der Waals surface area contributed by atoms with Crippen LogP contribution in [0, 0.1) is 12.3 Å². The van der Waals surface area contributed by atoms with Gasteiger partial charge in [-0.15, -0.1) is 12.3 Å². The van der Waals surface area contributed by atoms with Gasteiger partial charge < -0.3 is 15.0 Å². The van der Waals surface area contributed by atoms with Gasteiger partial charge in [-0.05, 0) is 33.6 Å². The first-order valence-corrected chi connectivity index (χ1v) is 7.24. The van der Waals surface area contributed by atoms with E-state index in [1.807, 2.05) is 0 Å². The highest BCUT2D eigenvalue weighted by atomic mass is 19.4. The molecule has 0 saturated carbocycles. The van der Waals surface area contributed by atoms with Crippen molar-refractivity contribution in [1.82, 2.24) is 10.2 Å². The summed E-state index contributed by atoms with van der Waals surface area (Å²) >= 11 is 0. The summed E-state index contributed by atoms with van der Waals surface area (Å²) in [6, 6.07) is 0. The monoisotopic (exact) mass is 336 g/mol. The van der Waals surface area contributed by atoms with Crippen LogP contribution in [-0.2, 0) is 9.53 Å². The fourth-order valence-corrected chi connectivity index (χ4v) is 1.56. The summed E-state index contributed by atoms with van der Waals surface area (Å²) in [4.78, 5) is 24.1. The first kappa shape index (κ1) is 21.1. The van der Waals surface area contributed by atoms with Gasteiger partial charge in [-0.1, -0.05) is 0 Å². The van der Waals surface area contributed by atoms with Crippen molar-refractivity contribution in [2.75, 3.05) is 19.6 Å². The lowest BCUT2D eigenvalue weighted by atomic mass is 10.2. The minimum absolute atomic E-state index is 0.164. The summed E-state index contributed by atoms with van der Waals surface area (Å²) in [5, 5.41) is 1.76. The standard InChI is InChI=1S/C15H23F3N2O3/c1-5-6-7-10-20(13(22)23-14(2,3)4)11-8-9-19-12(21)15(16,17)18/h1H,6-11H2,2-4H3,(H,19,21). The van der Waals surface area contributed by atoms with E-state index in [1.165, 1.54) is 4.90 Å². The number of ether oxygens (including phenoxy) is 1. The van der Waals surface area contributed by atoms with Gasteiger partial charge in [-0.25, -0.2) is 4.79 Å². The molecular weight excluding hydrogens is 313 g/mol. The summed E-state index contributed by atoms with van der Waals surface area (Å²) in [5.74, 6) is 0.456. The highest BCUT2D eigenvalue weighted by Gasteiger charge is 2.38. The Labute approximate surface area is 134 Å². The Morgan fingerprint density at radius 3 is 2.22 bits per heavy atom. The third kappa shape index (κ3) is 10.4. The van der Waals surface area contributed by atoms with Crippen LogP contribution in [0.4, 0.5) is 18.0 Å². The maximum Gasteiger partial charge on any atom is 0.471 e. The predicted molar refractivity (Wildman–Crippen MR) is 79.6 cm³/mol. The summed E-state index contributed by atoms with van der Waals surface area (Å²) in [5.41, 5.74) is -0.675. The number of rotatable bonds is 7. The van der Waals surface area contributed by atoms with Crippen LogP contribution in [0.2, 0.25) is 0 Å². The number of carbonyl (C=O) groups excluding carboxylic acids is 2. The Hall–Kier alpha value is -1.91. The molecule has 0 rings (SSSR count). The topological polar surface area (TPSA) is 58.6 Å². The molecule has 0 atom stereocenters. The minimum atomic E-state index is -4.91. The molecule has 1 N–H and O–H groups in total. The van der Waals surface area contributed by atoms with Crippen molar-refractivity contribution in [2.24, 2.45) is 0 Å². The van der Waals surface area contributed by atoms with Crippen molar-refractivity contribution in [3.63, 3.8) is 0 Å². The third-order valence-corrected chi connectivity index (χ3v) is 2.55. The number of hydrogen-bond donors (Lipinski definition) is 1. The summed E-state index contributed by atoms with van der Waals surface area (Å²) in [7, 11) is 0. The molecule has 23 heavy (non-hydrogen) atoms. The zero-order chi connectivity index (χ0) is 18.1. The van der Waals surface area contributed by atoms with Crippen molar-refractivity contribution in [2.45, 2.75) is 51.8 Å². The Morgan fingerprint density at radius 1 is 1.17 bits per heavy atom. The normalized spacial score (nSPS) is 11.5. The highest BCUT2D eigenvalue weighted by molar-refractivity contribution is 5.81. The van der Waals surface area contributed by atoms with Gasteiger partial charge in [0.25, 0.3) is 0 Å². The summed E-state index contributed by atoms with van der Waals surface area (Å²) in [6.45, 7) is 5.47. The molecule has 0 spiro atoms. The van der Waals surface area contributed by atoms with Gasteiger partial charge in [0.15, 0.2) is 0 Å². The van der Waals surface area contributed by atoms with Crippen LogP contribution in [0.15, 0.2) is 0 Å². The van der Waals surface area contributed by atoms with Crippen LogP contribution in [0.1, 0.15) is 40.0 Å². The van der Waals surface area contributed by atoms with Crippen LogP contribution in [0.5, 0.6) is 0 Å². The zero-order valence-electron chi connectivity index (χ0n) is 13.6. The van der Waals surface area contributed by atoms with Crippen molar-refractivity contribution < 1.29 is 27.5 Å². The number of nitrogens with zero attached hydrogens (tertiary/aromatic N) is 1. The smallest absolute Gasteiger partial charge is 0.444 e. The second-order valence-electron chi connectivity index (χ2n) is 5.88. The van der Waals surface area contributed by atoms with Crippen LogP contribution >= 0.6 is 0 Å². The van der Waals surface area contributed by atoms with Gasteiger partial charge in [0, 0.05) is 26.1 Å². The Morgan fingerprint density at radius 2 is 1.74 bits per heavy atom. The molecule has 2 amide bonds. The fraction of sp³-hybridized carbons (Fsp3) is 0.733. The highest BCUT2D eigenvalue weighted by Crippen LogP contribution is 2.14. The second-order valence-corrected chi connectivity index (χ2v) is 5.88. The molecule has 0 aliphatic heterocycles. The molecule has 0 unspecified atom stereocenters. The number of amides is 2.